The SMILES string of the molecule is C=C(C)C(=O)N(CC)C1CCC2CCCC2C1.C=C(C)C(=O)NC1CCC2CCCC2C1.C=C(C)C(=O)NC1CCC2CCCCC2C1.C=C(C)C(=O)OC1CCC2CCCCC2C1.C=CC(=O)N(C)C1CCC2CCCC2C1.C=CC(=O)NC1CCC2CCCCC2C1.C=CC(=O)OC1CCC2CCCCC2C1. The number of ether oxygens (including phenoxy) is 2. The van der Waals surface area contributed by atoms with Gasteiger partial charge in [-0.3, -0.25) is 24.0 Å². The number of rotatable bonds is 15. The molecule has 21 atom stereocenters. The highest BCUT2D eigenvalue weighted by Gasteiger charge is 2.41. The van der Waals surface area contributed by atoms with Gasteiger partial charge in [0.25, 0.3) is 0 Å². The number of carbonyl (C=O) groups is 7. The fourth-order valence-corrected chi connectivity index (χ4v) is 23.2. The molecule has 14 saturated carbocycles. The van der Waals surface area contributed by atoms with Crippen molar-refractivity contribution in [3.8, 4) is 0 Å². The second-order valence-corrected chi connectivity index (χ2v) is 37.0. The molecule has 14 rings (SSSR count). The number of likely N-dealkylation sites (N-methyl/N-ethyl adjacent to an activating group) is 2. The van der Waals surface area contributed by atoms with Gasteiger partial charge in [-0.1, -0.05) is 207 Å². The fraction of sp³-hybridized carbons (Fsp3) is 0.779. The van der Waals surface area contributed by atoms with Gasteiger partial charge in [0, 0.05) is 72.2 Å². The van der Waals surface area contributed by atoms with Crippen molar-refractivity contribution in [3.63, 3.8) is 0 Å². The number of nitrogens with one attached hydrogen (secondary N) is 3. The number of esters is 2. The molecule has 0 saturated heterocycles. The molecule has 0 heterocycles. The second-order valence-electron chi connectivity index (χ2n) is 37.0. The third-order valence-corrected chi connectivity index (χ3v) is 29.4. The molecule has 14 nitrogen and oxygen atoms in total. The van der Waals surface area contributed by atoms with E-state index in [4.69, 9.17) is 9.47 Å². The zero-order valence-electron chi connectivity index (χ0n) is 69.6. The summed E-state index contributed by atoms with van der Waals surface area (Å²) in [5, 5.41) is 9.25. The first-order chi connectivity index (χ1) is 52.4. The van der Waals surface area contributed by atoms with E-state index in [1.54, 1.807) is 20.8 Å². The van der Waals surface area contributed by atoms with Crippen LogP contribution in [0.3, 0.4) is 0 Å². The summed E-state index contributed by atoms with van der Waals surface area (Å²) >= 11 is 0. The van der Waals surface area contributed by atoms with Gasteiger partial charge in [0.2, 0.25) is 29.5 Å². The van der Waals surface area contributed by atoms with E-state index in [9.17, 15) is 33.6 Å². The summed E-state index contributed by atoms with van der Waals surface area (Å²) in [7, 11) is 1.92. The normalized spacial score (nSPS) is 34.2. The van der Waals surface area contributed by atoms with E-state index in [1.165, 1.54) is 288 Å². The average Bonchev–Trinajstić information content (AvgIpc) is 1.79. The van der Waals surface area contributed by atoms with E-state index in [0.717, 1.165) is 115 Å². The van der Waals surface area contributed by atoms with E-state index in [-0.39, 0.29) is 53.7 Å². The number of amides is 5. The highest BCUT2D eigenvalue weighted by atomic mass is 16.5. The molecule has 0 aromatic carbocycles. The average molecular weight is 1510 g/mol. The zero-order chi connectivity index (χ0) is 78.5. The van der Waals surface area contributed by atoms with E-state index >= 15 is 0 Å². The first-order valence-electron chi connectivity index (χ1n) is 44.8. The maximum Gasteiger partial charge on any atom is 0.333 e. The van der Waals surface area contributed by atoms with Crippen molar-refractivity contribution in [2.24, 2.45) is 82.9 Å². The number of hydrogen-bond donors (Lipinski definition) is 3. The van der Waals surface area contributed by atoms with Crippen molar-refractivity contribution in [2.75, 3.05) is 13.6 Å². The van der Waals surface area contributed by atoms with Crippen LogP contribution < -0.4 is 16.0 Å². The lowest BCUT2D eigenvalue weighted by molar-refractivity contribution is -0.148. The molecule has 14 heteroatoms. The van der Waals surface area contributed by atoms with Crippen molar-refractivity contribution in [2.45, 2.75) is 372 Å². The summed E-state index contributed by atoms with van der Waals surface area (Å²) in [5.74, 6) is 12.5. The van der Waals surface area contributed by atoms with Crippen LogP contribution in [0.1, 0.15) is 330 Å². The van der Waals surface area contributed by atoms with Gasteiger partial charge in [0.05, 0.1) is 0 Å². The monoisotopic (exact) mass is 1510 g/mol. The van der Waals surface area contributed by atoms with Crippen molar-refractivity contribution in [3.05, 3.63) is 86.6 Å². The molecule has 14 aliphatic rings. The number of hydrogen-bond acceptors (Lipinski definition) is 9. The lowest BCUT2D eigenvalue weighted by Crippen LogP contribution is -2.44. The smallest absolute Gasteiger partial charge is 0.333 e. The summed E-state index contributed by atoms with van der Waals surface area (Å²) in [6.45, 7) is 35.3. The minimum Gasteiger partial charge on any atom is -0.459 e. The lowest BCUT2D eigenvalue weighted by atomic mass is 9.69. The van der Waals surface area contributed by atoms with Crippen LogP contribution in [-0.2, 0) is 43.0 Å². The summed E-state index contributed by atoms with van der Waals surface area (Å²) in [6.07, 6.45) is 64.6. The first kappa shape index (κ1) is 89.0. The maximum atomic E-state index is 12.1. The summed E-state index contributed by atoms with van der Waals surface area (Å²) in [5.41, 5.74) is 2.46. The van der Waals surface area contributed by atoms with Gasteiger partial charge >= 0.3 is 11.9 Å². The van der Waals surface area contributed by atoms with Gasteiger partial charge in [-0.25, -0.2) is 9.59 Å². The molecule has 0 aromatic rings. The predicted octanol–water partition coefficient (Wildman–Crippen LogP) is 20.9. The quantitative estimate of drug-likeness (QED) is 0.106. The van der Waals surface area contributed by atoms with Gasteiger partial charge < -0.3 is 35.2 Å². The van der Waals surface area contributed by atoms with Crippen LogP contribution in [0.4, 0.5) is 0 Å². The van der Waals surface area contributed by atoms with E-state index < -0.39 is 0 Å². The van der Waals surface area contributed by atoms with E-state index in [2.05, 4.69) is 73.8 Å². The van der Waals surface area contributed by atoms with E-state index in [0.29, 0.717) is 52.5 Å². The fourth-order valence-electron chi connectivity index (χ4n) is 23.2. The molecule has 3 N–H and O–H groups in total. The van der Waals surface area contributed by atoms with Crippen LogP contribution in [0, 0.1) is 82.9 Å². The Hall–Kier alpha value is -5.53. The van der Waals surface area contributed by atoms with Crippen LogP contribution >= 0.6 is 0 Å². The second kappa shape index (κ2) is 46.0. The van der Waals surface area contributed by atoms with Crippen LogP contribution in [0.25, 0.3) is 0 Å². The topological polar surface area (TPSA) is 181 Å². The summed E-state index contributed by atoms with van der Waals surface area (Å²) < 4.78 is 10.8. The molecule has 0 spiro atoms. The van der Waals surface area contributed by atoms with Crippen molar-refractivity contribution < 1.29 is 43.0 Å². The Labute approximate surface area is 662 Å². The molecular weight excluding hydrogens is 1360 g/mol. The molecule has 0 aromatic heterocycles. The number of fused-ring (bicyclic) bond motifs is 7. The van der Waals surface area contributed by atoms with Crippen LogP contribution in [-0.4, -0.2) is 107 Å². The molecule has 14 fully saturated rings. The van der Waals surface area contributed by atoms with Gasteiger partial charge in [0.15, 0.2) is 0 Å². The largest absolute Gasteiger partial charge is 0.459 e. The molecule has 0 bridgehead atoms. The Balaban J connectivity index is 0.000000160. The summed E-state index contributed by atoms with van der Waals surface area (Å²) in [4.78, 5) is 84.4. The van der Waals surface area contributed by atoms with Gasteiger partial charge in [-0.05, 0) is 264 Å². The minimum atomic E-state index is -0.255. The van der Waals surface area contributed by atoms with Gasteiger partial charge in [-0.15, -0.1) is 0 Å². The van der Waals surface area contributed by atoms with Crippen molar-refractivity contribution >= 4 is 41.5 Å². The Kier molecular flexibility index (Phi) is 37.6. The Morgan fingerprint density at radius 1 is 0.339 bits per heavy atom. The lowest BCUT2D eigenvalue weighted by Gasteiger charge is -2.39. The van der Waals surface area contributed by atoms with Crippen molar-refractivity contribution in [1.29, 1.82) is 0 Å². The number of nitrogens with zero attached hydrogens (tertiary/aromatic N) is 2. The molecule has 21 unspecified atom stereocenters. The predicted molar refractivity (Wildman–Crippen MR) is 444 cm³/mol. The standard InChI is InChI=1S/C15H25NO.C14H23NO.C14H22O2.3C13H21NO.C13H20O2/c1-4-16(15(17)11(2)3)14-9-8-12-6-5-7-13(12)10-14;1-10(2)14(16)15-13-8-7-11-5-3-4-6-12(11)9-13;1-10(2)14(15)16-13-8-7-11-5-3-4-6-12(11)9-13;1-9(2)13(15)14-12-7-6-10-4-3-5-11(10)8-12;1-3-13(15)14(2)12-8-7-10-5-4-6-11(10)9-12;1-2-13(15)14-12-8-7-10-5-3-4-6-11(10)9-12;1-2-13(14)15-12-8-7-10-5-3-4-6-11(10)9-12/h12-14H,2,4-10H2,1,3H3;11-13H,1,3-9H2,2H3,(H,15,16);11-13H,1,3-9H2,2H3;10-12H,1,3-8H2,2H3,(H,14,15);3,10-12H,1,4-9H2,2H3;2,10-12H,1,3-9H2,(H,14,15);2,10-12H,1,3-9H2. The third-order valence-electron chi connectivity index (χ3n) is 29.4. The third kappa shape index (κ3) is 28.2. The Morgan fingerprint density at radius 3 is 1.02 bits per heavy atom. The van der Waals surface area contributed by atoms with Gasteiger partial charge in [0.1, 0.15) is 12.2 Å². The molecule has 109 heavy (non-hydrogen) atoms. The molecule has 0 aliphatic heterocycles. The Bertz CT molecular complexity index is 2900. The molecule has 5 amide bonds. The molecule has 0 radical (unpaired) electrons. The molecule has 612 valence electrons. The van der Waals surface area contributed by atoms with Crippen LogP contribution in [0.5, 0.6) is 0 Å². The van der Waals surface area contributed by atoms with Crippen LogP contribution in [0.15, 0.2) is 86.6 Å². The maximum absolute atomic E-state index is 12.1. The van der Waals surface area contributed by atoms with E-state index in [1.807, 2.05) is 18.9 Å². The van der Waals surface area contributed by atoms with Gasteiger partial charge in [-0.2, -0.15) is 0 Å². The minimum absolute atomic E-state index is 0.00532. The highest BCUT2D eigenvalue weighted by Crippen LogP contribution is 2.48. The Morgan fingerprint density at radius 2 is 0.661 bits per heavy atom. The number of carbonyl (C=O) groups excluding carboxylic acids is 7. The molecular formula is C95H153N5O9. The van der Waals surface area contributed by atoms with Crippen LogP contribution in [0.2, 0.25) is 0 Å². The first-order valence-corrected chi connectivity index (χ1v) is 44.8. The summed E-state index contributed by atoms with van der Waals surface area (Å²) in [6, 6.07) is 2.17. The molecule has 14 aliphatic carbocycles. The zero-order valence-corrected chi connectivity index (χ0v) is 69.6. The highest BCUT2D eigenvalue weighted by molar-refractivity contribution is 5.93. The van der Waals surface area contributed by atoms with Crippen molar-refractivity contribution in [1.82, 2.24) is 25.8 Å².